The fourth-order valence-corrected chi connectivity index (χ4v) is 3.70. The molecule has 3 rings (SSSR count). The molecule has 3 aromatic rings. The molecule has 0 saturated heterocycles. The van der Waals surface area contributed by atoms with Crippen molar-refractivity contribution in [3.8, 4) is 11.3 Å². The number of rotatable bonds is 11. The summed E-state index contributed by atoms with van der Waals surface area (Å²) in [5.41, 5.74) is 10.7. The normalized spacial score (nSPS) is 11.8. The molecule has 0 atom stereocenters. The predicted octanol–water partition coefficient (Wildman–Crippen LogP) is 5.69. The van der Waals surface area contributed by atoms with Gasteiger partial charge in [-0.3, -0.25) is 20.4 Å². The Balaban J connectivity index is 1.93. The lowest BCUT2D eigenvalue weighted by atomic mass is 10.00. The standard InChI is InChI=1S/C29H32FN7/c1-6-20(14-33-8-3)13-21(7-2)29-27(30)26(23(31)16-36-29)28(32)19(5)37-25-17-34-15-22(18(25)4)24-11-9-10-12-35-24/h6-7,9-13,15-17,32-33,37H,1,5,8,14,31H2,2-4H3/b20-13+,21-7+,32-28?. The molecular weight excluding hydrogens is 465 g/mol. The van der Waals surface area contributed by atoms with Crippen LogP contribution in [-0.4, -0.2) is 33.8 Å². The molecule has 0 radical (unpaired) electrons. The molecule has 7 nitrogen and oxygen atoms in total. The molecule has 0 aliphatic carbocycles. The lowest BCUT2D eigenvalue weighted by Gasteiger charge is -2.17. The molecule has 8 heteroatoms. The molecular formula is C29H32FN7. The maximum absolute atomic E-state index is 15.8. The number of nitrogens with zero attached hydrogens (tertiary/aromatic N) is 3. The summed E-state index contributed by atoms with van der Waals surface area (Å²) in [6, 6.07) is 5.63. The predicted molar refractivity (Wildman–Crippen MR) is 151 cm³/mol. The minimum atomic E-state index is -0.693. The molecule has 190 valence electrons. The Morgan fingerprint density at radius 1 is 1.22 bits per heavy atom. The van der Waals surface area contributed by atoms with Crippen molar-refractivity contribution in [3.05, 3.63) is 108 Å². The van der Waals surface area contributed by atoms with E-state index >= 15 is 4.39 Å². The van der Waals surface area contributed by atoms with Gasteiger partial charge in [0.15, 0.2) is 5.82 Å². The van der Waals surface area contributed by atoms with E-state index in [-0.39, 0.29) is 28.4 Å². The van der Waals surface area contributed by atoms with E-state index in [1.165, 1.54) is 6.20 Å². The number of nitrogens with one attached hydrogen (secondary N) is 3. The van der Waals surface area contributed by atoms with Crippen LogP contribution in [0.4, 0.5) is 15.8 Å². The summed E-state index contributed by atoms with van der Waals surface area (Å²) in [7, 11) is 0. The summed E-state index contributed by atoms with van der Waals surface area (Å²) in [6.07, 6.45) is 11.7. The van der Waals surface area contributed by atoms with Crippen molar-refractivity contribution in [1.82, 2.24) is 20.3 Å². The second-order valence-electron chi connectivity index (χ2n) is 8.25. The first-order valence-corrected chi connectivity index (χ1v) is 11.9. The first-order valence-electron chi connectivity index (χ1n) is 11.9. The van der Waals surface area contributed by atoms with Gasteiger partial charge in [-0.1, -0.05) is 38.3 Å². The zero-order chi connectivity index (χ0) is 26.9. The smallest absolute Gasteiger partial charge is 0.160 e. The number of nitrogen functional groups attached to an aromatic ring is 1. The molecule has 0 bridgehead atoms. The lowest BCUT2D eigenvalue weighted by molar-refractivity contribution is 0.615. The number of likely N-dealkylation sites (N-methyl/N-ethyl adjacent to an activating group) is 1. The summed E-state index contributed by atoms with van der Waals surface area (Å²) in [5.74, 6) is -0.693. The van der Waals surface area contributed by atoms with Crippen LogP contribution in [0.1, 0.15) is 30.7 Å². The highest BCUT2D eigenvalue weighted by Crippen LogP contribution is 2.29. The second-order valence-corrected chi connectivity index (χ2v) is 8.25. The van der Waals surface area contributed by atoms with Crippen molar-refractivity contribution < 1.29 is 4.39 Å². The van der Waals surface area contributed by atoms with Crippen LogP contribution in [0.15, 0.2) is 85.6 Å². The zero-order valence-electron chi connectivity index (χ0n) is 21.4. The fraction of sp³-hybridized carbons (Fsp3) is 0.172. The molecule has 0 spiro atoms. The number of hydrogen-bond donors (Lipinski definition) is 4. The number of halogens is 1. The van der Waals surface area contributed by atoms with Gasteiger partial charge in [-0.15, -0.1) is 0 Å². The minimum absolute atomic E-state index is 0.0438. The van der Waals surface area contributed by atoms with Crippen LogP contribution in [0.5, 0.6) is 0 Å². The van der Waals surface area contributed by atoms with Crippen LogP contribution in [-0.2, 0) is 0 Å². The average Bonchev–Trinajstić information content (AvgIpc) is 2.91. The third-order valence-corrected chi connectivity index (χ3v) is 5.81. The Labute approximate surface area is 217 Å². The van der Waals surface area contributed by atoms with Gasteiger partial charge in [0.1, 0.15) is 5.69 Å². The maximum Gasteiger partial charge on any atom is 0.160 e. The fourth-order valence-electron chi connectivity index (χ4n) is 3.70. The van der Waals surface area contributed by atoms with E-state index in [1.807, 2.05) is 38.1 Å². The number of pyridine rings is 3. The SMILES string of the molecule is C=C/C(=C\C(=C/C)c1ncc(N)c(C(=N)C(=C)Nc2cncc(-c3ccccn3)c2C)c1F)CNCC. The van der Waals surface area contributed by atoms with Gasteiger partial charge in [0.25, 0.3) is 0 Å². The highest BCUT2D eigenvalue weighted by molar-refractivity contribution is 6.15. The number of anilines is 2. The largest absolute Gasteiger partial charge is 0.397 e. The third kappa shape index (κ3) is 6.23. The Kier molecular flexibility index (Phi) is 9.18. The van der Waals surface area contributed by atoms with Crippen LogP contribution in [0.2, 0.25) is 0 Å². The summed E-state index contributed by atoms with van der Waals surface area (Å²) in [4.78, 5) is 12.9. The monoisotopic (exact) mass is 497 g/mol. The molecule has 0 fully saturated rings. The molecule has 0 amide bonds. The molecule has 0 unspecified atom stereocenters. The van der Waals surface area contributed by atoms with Crippen LogP contribution in [0, 0.1) is 18.2 Å². The van der Waals surface area contributed by atoms with Crippen molar-refractivity contribution >= 4 is 22.7 Å². The quantitative estimate of drug-likeness (QED) is 0.200. The summed E-state index contributed by atoms with van der Waals surface area (Å²) in [5, 5.41) is 15.0. The van der Waals surface area contributed by atoms with Crippen LogP contribution >= 0.6 is 0 Å². The Bertz CT molecular complexity index is 1370. The zero-order valence-corrected chi connectivity index (χ0v) is 21.4. The van der Waals surface area contributed by atoms with E-state index < -0.39 is 5.82 Å². The van der Waals surface area contributed by atoms with Crippen molar-refractivity contribution in [1.29, 1.82) is 5.41 Å². The number of allylic oxidation sites excluding steroid dienone is 4. The minimum Gasteiger partial charge on any atom is -0.397 e. The summed E-state index contributed by atoms with van der Waals surface area (Å²) in [6.45, 7) is 14.9. The average molecular weight is 498 g/mol. The molecule has 0 aliphatic heterocycles. The summed E-state index contributed by atoms with van der Waals surface area (Å²) >= 11 is 0. The van der Waals surface area contributed by atoms with Crippen molar-refractivity contribution in [2.75, 3.05) is 24.1 Å². The Morgan fingerprint density at radius 3 is 2.65 bits per heavy atom. The second kappa shape index (κ2) is 12.5. The number of hydrogen-bond acceptors (Lipinski definition) is 7. The van der Waals surface area contributed by atoms with Crippen LogP contribution in [0.3, 0.4) is 0 Å². The van der Waals surface area contributed by atoms with Gasteiger partial charge < -0.3 is 16.4 Å². The van der Waals surface area contributed by atoms with E-state index in [2.05, 4.69) is 38.7 Å². The van der Waals surface area contributed by atoms with Gasteiger partial charge in [0, 0.05) is 24.5 Å². The first-order chi connectivity index (χ1) is 17.8. The van der Waals surface area contributed by atoms with Gasteiger partial charge in [0.05, 0.1) is 46.4 Å². The molecule has 3 aromatic heterocycles. The van der Waals surface area contributed by atoms with Crippen molar-refractivity contribution in [3.63, 3.8) is 0 Å². The van der Waals surface area contributed by atoms with Gasteiger partial charge in [-0.25, -0.2) is 4.39 Å². The lowest BCUT2D eigenvalue weighted by Crippen LogP contribution is -2.17. The molecule has 37 heavy (non-hydrogen) atoms. The highest BCUT2D eigenvalue weighted by Gasteiger charge is 2.21. The molecule has 3 heterocycles. The maximum atomic E-state index is 15.8. The highest BCUT2D eigenvalue weighted by atomic mass is 19.1. The van der Waals surface area contributed by atoms with Crippen LogP contribution < -0.4 is 16.4 Å². The van der Waals surface area contributed by atoms with Gasteiger partial charge in [-0.2, -0.15) is 0 Å². The molecule has 5 N–H and O–H groups in total. The number of nitrogens with two attached hydrogens (primary N) is 1. The van der Waals surface area contributed by atoms with Gasteiger partial charge in [-0.05, 0) is 55.3 Å². The number of aromatic nitrogens is 3. The van der Waals surface area contributed by atoms with Crippen molar-refractivity contribution in [2.24, 2.45) is 0 Å². The van der Waals surface area contributed by atoms with Gasteiger partial charge >= 0.3 is 0 Å². The third-order valence-electron chi connectivity index (χ3n) is 5.81. The van der Waals surface area contributed by atoms with Gasteiger partial charge in [0.2, 0.25) is 0 Å². The summed E-state index contributed by atoms with van der Waals surface area (Å²) < 4.78 is 15.8. The first kappa shape index (κ1) is 27.2. The van der Waals surface area contributed by atoms with E-state index in [0.717, 1.165) is 28.9 Å². The molecule has 0 saturated carbocycles. The van der Waals surface area contributed by atoms with E-state index in [1.54, 1.807) is 37.7 Å². The molecule has 0 aliphatic rings. The topological polar surface area (TPSA) is 113 Å². The van der Waals surface area contributed by atoms with Crippen molar-refractivity contribution in [2.45, 2.75) is 20.8 Å². The van der Waals surface area contributed by atoms with Crippen LogP contribution in [0.25, 0.3) is 16.8 Å². The van der Waals surface area contributed by atoms with E-state index in [4.69, 9.17) is 11.1 Å². The Hall–Kier alpha value is -4.43. The van der Waals surface area contributed by atoms with E-state index in [9.17, 15) is 0 Å². The van der Waals surface area contributed by atoms with E-state index in [0.29, 0.717) is 17.8 Å². The Morgan fingerprint density at radius 2 is 2.00 bits per heavy atom. The molecule has 0 aromatic carbocycles.